The topological polar surface area (TPSA) is 59.1 Å². The third-order valence-corrected chi connectivity index (χ3v) is 3.96. The third kappa shape index (κ3) is 4.33. The van der Waals surface area contributed by atoms with Crippen LogP contribution in [0.4, 0.5) is 0 Å². The van der Waals surface area contributed by atoms with Gasteiger partial charge in [0, 0.05) is 9.89 Å². The molecule has 1 rings (SSSR count). The monoisotopic (exact) mass is 312 g/mol. The second kappa shape index (κ2) is 6.23. The van der Waals surface area contributed by atoms with E-state index in [4.69, 9.17) is 15.9 Å². The van der Waals surface area contributed by atoms with Crippen LogP contribution < -0.4 is 10.5 Å². The van der Waals surface area contributed by atoms with Crippen LogP contribution in [0.1, 0.15) is 32.3 Å². The number of aryl methyl sites for hydroxylation is 1. The Morgan fingerprint density at radius 3 is 2.67 bits per heavy atom. The molecule has 0 aromatic heterocycles. The van der Waals surface area contributed by atoms with Crippen LogP contribution in [0.15, 0.2) is 22.7 Å². The van der Waals surface area contributed by atoms with E-state index >= 15 is 0 Å². The minimum absolute atomic E-state index is 0.237. The van der Waals surface area contributed by atoms with Gasteiger partial charge < -0.3 is 10.5 Å². The number of benzene rings is 1. The van der Waals surface area contributed by atoms with Crippen LogP contribution in [0.5, 0.6) is 5.75 Å². The molecule has 1 aromatic rings. The average molecular weight is 313 g/mol. The van der Waals surface area contributed by atoms with Crippen LogP contribution in [0.25, 0.3) is 0 Å². The molecule has 0 aliphatic carbocycles. The van der Waals surface area contributed by atoms with Crippen molar-refractivity contribution in [1.29, 1.82) is 5.41 Å². The van der Waals surface area contributed by atoms with E-state index in [9.17, 15) is 0 Å². The molecule has 0 unspecified atom stereocenters. The Hall–Kier alpha value is -1.03. The van der Waals surface area contributed by atoms with Gasteiger partial charge in [-0.25, -0.2) is 0 Å². The maximum Gasteiger partial charge on any atom is 0.119 e. The zero-order valence-corrected chi connectivity index (χ0v) is 12.8. The molecule has 0 heterocycles. The van der Waals surface area contributed by atoms with Crippen LogP contribution in [0.3, 0.4) is 0 Å². The summed E-state index contributed by atoms with van der Waals surface area (Å²) in [6.45, 7) is 6.66. The van der Waals surface area contributed by atoms with Crippen LogP contribution in [0.2, 0.25) is 0 Å². The molecule has 0 fully saturated rings. The number of rotatable bonds is 6. The first-order chi connectivity index (χ1) is 8.33. The Morgan fingerprint density at radius 1 is 1.44 bits per heavy atom. The molecular formula is C14H21BrN2O. The summed E-state index contributed by atoms with van der Waals surface area (Å²) in [4.78, 5) is 0. The predicted molar refractivity (Wildman–Crippen MR) is 79.3 cm³/mol. The molecule has 0 radical (unpaired) electrons. The fourth-order valence-corrected chi connectivity index (χ4v) is 1.79. The molecule has 3 nitrogen and oxygen atoms in total. The van der Waals surface area contributed by atoms with Gasteiger partial charge in [0.05, 0.1) is 12.4 Å². The number of amidine groups is 1. The second-order valence-electron chi connectivity index (χ2n) is 5.16. The van der Waals surface area contributed by atoms with Crippen molar-refractivity contribution >= 4 is 21.8 Å². The Morgan fingerprint density at radius 2 is 2.11 bits per heavy atom. The summed E-state index contributed by atoms with van der Waals surface area (Å²) >= 11 is 3.46. The van der Waals surface area contributed by atoms with E-state index in [2.05, 4.69) is 15.9 Å². The van der Waals surface area contributed by atoms with Crippen molar-refractivity contribution in [1.82, 2.24) is 0 Å². The summed E-state index contributed by atoms with van der Waals surface area (Å²) < 4.78 is 6.78. The van der Waals surface area contributed by atoms with Gasteiger partial charge in [0.25, 0.3) is 0 Å². The quantitative estimate of drug-likeness (QED) is 0.476. The molecule has 18 heavy (non-hydrogen) atoms. The summed E-state index contributed by atoms with van der Waals surface area (Å²) in [5.41, 5.74) is 6.46. The normalized spacial score (nSPS) is 11.3. The highest BCUT2D eigenvalue weighted by Gasteiger charge is 2.20. The molecule has 3 N–H and O–H groups in total. The van der Waals surface area contributed by atoms with Crippen LogP contribution >= 0.6 is 15.9 Å². The van der Waals surface area contributed by atoms with Crippen LogP contribution in [-0.2, 0) is 0 Å². The van der Waals surface area contributed by atoms with Gasteiger partial charge in [0.15, 0.2) is 0 Å². The van der Waals surface area contributed by atoms with Gasteiger partial charge in [-0.1, -0.05) is 29.8 Å². The fraction of sp³-hybridized carbons (Fsp3) is 0.500. The Kier molecular flexibility index (Phi) is 5.20. The van der Waals surface area contributed by atoms with Crippen LogP contribution in [0, 0.1) is 17.7 Å². The second-order valence-corrected chi connectivity index (χ2v) is 6.01. The smallest absolute Gasteiger partial charge is 0.119 e. The number of nitrogens with two attached hydrogens (primary N) is 1. The Labute approximate surface area is 117 Å². The van der Waals surface area contributed by atoms with E-state index in [0.29, 0.717) is 6.61 Å². The summed E-state index contributed by atoms with van der Waals surface area (Å²) in [5, 5.41) is 7.48. The molecule has 0 saturated carbocycles. The zero-order chi connectivity index (χ0) is 13.8. The van der Waals surface area contributed by atoms with Gasteiger partial charge in [-0.05, 0) is 43.5 Å². The summed E-state index contributed by atoms with van der Waals surface area (Å²) in [5.74, 6) is 1.12. The van der Waals surface area contributed by atoms with E-state index in [0.717, 1.165) is 28.6 Å². The van der Waals surface area contributed by atoms with Gasteiger partial charge in [0.2, 0.25) is 0 Å². The number of nitrogens with one attached hydrogen (secondary N) is 1. The lowest BCUT2D eigenvalue weighted by Crippen LogP contribution is -2.31. The van der Waals surface area contributed by atoms with Crippen molar-refractivity contribution in [3.63, 3.8) is 0 Å². The predicted octanol–water partition coefficient (Wildman–Crippen LogP) is 3.88. The maximum atomic E-state index is 7.48. The number of halogens is 1. The molecule has 4 heteroatoms. The maximum absolute atomic E-state index is 7.48. The number of ether oxygens (including phenoxy) is 1. The molecule has 0 amide bonds. The molecule has 1 aromatic carbocycles. The molecule has 0 atom stereocenters. The molecular weight excluding hydrogens is 292 g/mol. The summed E-state index contributed by atoms with van der Waals surface area (Å²) in [7, 11) is 0. The van der Waals surface area contributed by atoms with E-state index < -0.39 is 0 Å². The zero-order valence-electron chi connectivity index (χ0n) is 11.2. The average Bonchev–Trinajstić information content (AvgIpc) is 2.29. The lowest BCUT2D eigenvalue weighted by atomic mass is 9.87. The van der Waals surface area contributed by atoms with Crippen molar-refractivity contribution in [3.8, 4) is 5.75 Å². The highest BCUT2D eigenvalue weighted by molar-refractivity contribution is 9.10. The molecule has 0 bridgehead atoms. The van der Waals surface area contributed by atoms with Gasteiger partial charge >= 0.3 is 0 Å². The first-order valence-corrected chi connectivity index (χ1v) is 6.86. The largest absolute Gasteiger partial charge is 0.494 e. The molecule has 0 spiro atoms. The van der Waals surface area contributed by atoms with Gasteiger partial charge in [-0.2, -0.15) is 0 Å². The van der Waals surface area contributed by atoms with Crippen molar-refractivity contribution in [3.05, 3.63) is 28.2 Å². The highest BCUT2D eigenvalue weighted by atomic mass is 79.9. The van der Waals surface area contributed by atoms with Crippen molar-refractivity contribution in [2.75, 3.05) is 6.61 Å². The lowest BCUT2D eigenvalue weighted by Gasteiger charge is -2.22. The minimum Gasteiger partial charge on any atom is -0.494 e. The molecule has 0 aliphatic heterocycles. The van der Waals surface area contributed by atoms with Crippen molar-refractivity contribution in [2.24, 2.45) is 11.1 Å². The number of hydrogen-bond acceptors (Lipinski definition) is 2. The molecule has 0 saturated heterocycles. The summed E-state index contributed by atoms with van der Waals surface area (Å²) in [6, 6.07) is 5.96. The molecule has 100 valence electrons. The Balaban J connectivity index is 2.38. The molecule has 0 aliphatic rings. The van der Waals surface area contributed by atoms with E-state index in [1.807, 2.05) is 39.0 Å². The van der Waals surface area contributed by atoms with Crippen LogP contribution in [-0.4, -0.2) is 12.4 Å². The first kappa shape index (κ1) is 15.0. The van der Waals surface area contributed by atoms with Crippen molar-refractivity contribution < 1.29 is 4.74 Å². The van der Waals surface area contributed by atoms with E-state index in [-0.39, 0.29) is 11.3 Å². The van der Waals surface area contributed by atoms with E-state index in [1.54, 1.807) is 0 Å². The lowest BCUT2D eigenvalue weighted by molar-refractivity contribution is 0.286. The van der Waals surface area contributed by atoms with Gasteiger partial charge in [-0.3, -0.25) is 5.41 Å². The SMILES string of the molecule is Cc1cc(OCCCC(C)(C)C(=N)N)ccc1Br. The Bertz CT molecular complexity index is 430. The van der Waals surface area contributed by atoms with Gasteiger partial charge in [-0.15, -0.1) is 0 Å². The van der Waals surface area contributed by atoms with E-state index in [1.165, 1.54) is 0 Å². The van der Waals surface area contributed by atoms with Crippen molar-refractivity contribution in [2.45, 2.75) is 33.6 Å². The standard InChI is InChI=1S/C14H21BrN2O/c1-10-9-11(5-6-12(10)15)18-8-4-7-14(2,3)13(16)17/h5-6,9H,4,7-8H2,1-3H3,(H3,16,17). The van der Waals surface area contributed by atoms with Gasteiger partial charge in [0.1, 0.15) is 5.75 Å². The first-order valence-electron chi connectivity index (χ1n) is 6.06. The number of hydrogen-bond donors (Lipinski definition) is 2. The minimum atomic E-state index is -0.237. The highest BCUT2D eigenvalue weighted by Crippen LogP contribution is 2.24. The fourth-order valence-electron chi connectivity index (χ4n) is 1.55. The third-order valence-electron chi connectivity index (χ3n) is 3.07. The summed E-state index contributed by atoms with van der Waals surface area (Å²) in [6.07, 6.45) is 1.75.